The van der Waals surface area contributed by atoms with Crippen LogP contribution in [0, 0.1) is 5.82 Å². The number of aromatic nitrogens is 2. The Kier molecular flexibility index (Phi) is 5.33. The number of H-pyrrole nitrogens is 1. The van der Waals surface area contributed by atoms with Gasteiger partial charge in [0.15, 0.2) is 5.82 Å². The molecule has 0 bridgehead atoms. The molecule has 1 fully saturated rings. The molecule has 0 unspecified atom stereocenters. The number of benzene rings is 2. The summed E-state index contributed by atoms with van der Waals surface area (Å²) in [6.07, 6.45) is 0.866. The fraction of sp³-hybridized carbons (Fsp3) is 0.333. The highest BCUT2D eigenvalue weighted by molar-refractivity contribution is 5.94. The summed E-state index contributed by atoms with van der Waals surface area (Å²) in [5, 5.41) is 10.5. The van der Waals surface area contributed by atoms with Gasteiger partial charge < -0.3 is 10.2 Å². The molecule has 4 rings (SSSR count). The molecule has 1 aromatic heterocycles. The number of rotatable bonds is 4. The second-order valence-electron chi connectivity index (χ2n) is 8.88. The van der Waals surface area contributed by atoms with Gasteiger partial charge in [-0.1, -0.05) is 32.9 Å². The molecule has 0 aliphatic carbocycles. The third-order valence-corrected chi connectivity index (χ3v) is 5.58. The lowest BCUT2D eigenvalue weighted by molar-refractivity contribution is 0.0940. The van der Waals surface area contributed by atoms with E-state index >= 15 is 0 Å². The molecule has 0 radical (unpaired) electrons. The average molecular weight is 407 g/mol. The predicted molar refractivity (Wildman–Crippen MR) is 117 cm³/mol. The van der Waals surface area contributed by atoms with Crippen LogP contribution in [0.2, 0.25) is 0 Å². The number of carbonyl (C=O) groups is 1. The van der Waals surface area contributed by atoms with Gasteiger partial charge in [0.2, 0.25) is 0 Å². The Balaban J connectivity index is 1.37. The van der Waals surface area contributed by atoms with E-state index in [2.05, 4.69) is 41.2 Å². The highest BCUT2D eigenvalue weighted by atomic mass is 19.1. The SMILES string of the molecule is CC(C)(C)c1ccc(C(=O)N[C@@H]2CCN(c3cc(-c4ccc(F)cc4)[nH]n3)C2)cc1. The van der Waals surface area contributed by atoms with Crippen molar-refractivity contribution in [2.75, 3.05) is 18.0 Å². The van der Waals surface area contributed by atoms with Crippen LogP contribution in [-0.2, 0) is 5.41 Å². The Bertz CT molecular complexity index is 1020. The van der Waals surface area contributed by atoms with Crippen molar-refractivity contribution in [2.24, 2.45) is 0 Å². The molecule has 2 N–H and O–H groups in total. The van der Waals surface area contributed by atoms with E-state index in [1.165, 1.54) is 17.7 Å². The molecule has 2 aromatic carbocycles. The molecule has 0 spiro atoms. The van der Waals surface area contributed by atoms with Crippen LogP contribution in [0.5, 0.6) is 0 Å². The van der Waals surface area contributed by atoms with Crippen molar-refractivity contribution in [3.8, 4) is 11.3 Å². The van der Waals surface area contributed by atoms with Crippen LogP contribution in [0.25, 0.3) is 11.3 Å². The zero-order chi connectivity index (χ0) is 21.3. The van der Waals surface area contributed by atoms with Gasteiger partial charge in [-0.3, -0.25) is 9.89 Å². The minimum absolute atomic E-state index is 0.0451. The maximum atomic E-state index is 13.1. The molecule has 5 nitrogen and oxygen atoms in total. The Labute approximate surface area is 176 Å². The Morgan fingerprint density at radius 2 is 1.83 bits per heavy atom. The van der Waals surface area contributed by atoms with Crippen molar-refractivity contribution in [1.29, 1.82) is 0 Å². The van der Waals surface area contributed by atoms with Gasteiger partial charge in [0.25, 0.3) is 5.91 Å². The van der Waals surface area contributed by atoms with Gasteiger partial charge in [0.05, 0.1) is 5.69 Å². The van der Waals surface area contributed by atoms with Crippen molar-refractivity contribution in [3.05, 3.63) is 71.5 Å². The number of carbonyl (C=O) groups excluding carboxylic acids is 1. The lowest BCUT2D eigenvalue weighted by Crippen LogP contribution is -2.37. The molecular formula is C24H27FN4O. The highest BCUT2D eigenvalue weighted by Crippen LogP contribution is 2.25. The summed E-state index contributed by atoms with van der Waals surface area (Å²) in [5.74, 6) is 0.529. The summed E-state index contributed by atoms with van der Waals surface area (Å²) >= 11 is 0. The van der Waals surface area contributed by atoms with Crippen LogP contribution in [-0.4, -0.2) is 35.2 Å². The number of nitrogens with one attached hydrogen (secondary N) is 2. The largest absolute Gasteiger partial charge is 0.353 e. The van der Waals surface area contributed by atoms with Gasteiger partial charge in [-0.25, -0.2) is 4.39 Å². The predicted octanol–water partition coefficient (Wildman–Crippen LogP) is 4.52. The maximum Gasteiger partial charge on any atom is 0.251 e. The van der Waals surface area contributed by atoms with Crippen LogP contribution in [0.4, 0.5) is 10.2 Å². The minimum atomic E-state index is -0.260. The van der Waals surface area contributed by atoms with Crippen LogP contribution >= 0.6 is 0 Å². The van der Waals surface area contributed by atoms with Crippen LogP contribution < -0.4 is 10.2 Å². The Morgan fingerprint density at radius 3 is 2.50 bits per heavy atom. The fourth-order valence-corrected chi connectivity index (χ4v) is 3.73. The van der Waals surface area contributed by atoms with Crippen LogP contribution in [0.1, 0.15) is 43.1 Å². The first-order valence-electron chi connectivity index (χ1n) is 10.3. The number of aromatic amines is 1. The van der Waals surface area contributed by atoms with E-state index in [-0.39, 0.29) is 23.2 Å². The van der Waals surface area contributed by atoms with Gasteiger partial charge in [-0.15, -0.1) is 0 Å². The Hall–Kier alpha value is -3.15. The number of hydrogen-bond donors (Lipinski definition) is 2. The molecule has 3 aromatic rings. The van der Waals surface area contributed by atoms with Crippen molar-refractivity contribution >= 4 is 11.7 Å². The number of anilines is 1. The number of halogens is 1. The van der Waals surface area contributed by atoms with Crippen molar-refractivity contribution in [2.45, 2.75) is 38.6 Å². The van der Waals surface area contributed by atoms with E-state index in [9.17, 15) is 9.18 Å². The van der Waals surface area contributed by atoms with Gasteiger partial charge in [0, 0.05) is 30.8 Å². The third-order valence-electron chi connectivity index (χ3n) is 5.58. The molecule has 1 atom stereocenters. The smallest absolute Gasteiger partial charge is 0.251 e. The molecular weight excluding hydrogens is 379 g/mol. The summed E-state index contributed by atoms with van der Waals surface area (Å²) < 4.78 is 13.1. The minimum Gasteiger partial charge on any atom is -0.353 e. The topological polar surface area (TPSA) is 61.0 Å². The molecule has 2 heterocycles. The first-order chi connectivity index (χ1) is 14.3. The molecule has 6 heteroatoms. The van der Waals surface area contributed by atoms with E-state index in [4.69, 9.17) is 0 Å². The molecule has 0 saturated carbocycles. The number of hydrogen-bond acceptors (Lipinski definition) is 3. The van der Waals surface area contributed by atoms with E-state index < -0.39 is 0 Å². The fourth-order valence-electron chi connectivity index (χ4n) is 3.73. The highest BCUT2D eigenvalue weighted by Gasteiger charge is 2.26. The summed E-state index contributed by atoms with van der Waals surface area (Å²) in [7, 11) is 0. The monoisotopic (exact) mass is 406 g/mol. The van der Waals surface area contributed by atoms with Gasteiger partial charge in [0.1, 0.15) is 5.82 Å². The molecule has 1 aliphatic rings. The first kappa shape index (κ1) is 20.1. The average Bonchev–Trinajstić information content (AvgIpc) is 3.37. The lowest BCUT2D eigenvalue weighted by Gasteiger charge is -2.19. The molecule has 1 amide bonds. The van der Waals surface area contributed by atoms with E-state index in [0.29, 0.717) is 12.1 Å². The van der Waals surface area contributed by atoms with E-state index in [1.54, 1.807) is 12.1 Å². The van der Waals surface area contributed by atoms with Gasteiger partial charge in [-0.05, 0) is 59.4 Å². The summed E-state index contributed by atoms with van der Waals surface area (Å²) in [4.78, 5) is 14.8. The number of nitrogens with zero attached hydrogens (tertiary/aromatic N) is 2. The maximum absolute atomic E-state index is 13.1. The van der Waals surface area contributed by atoms with Crippen LogP contribution in [0.15, 0.2) is 54.6 Å². The molecule has 1 saturated heterocycles. The third kappa shape index (κ3) is 4.37. The van der Waals surface area contributed by atoms with Crippen LogP contribution in [0.3, 0.4) is 0 Å². The van der Waals surface area contributed by atoms with E-state index in [0.717, 1.165) is 30.0 Å². The number of amides is 1. The lowest BCUT2D eigenvalue weighted by atomic mass is 9.86. The summed E-state index contributed by atoms with van der Waals surface area (Å²) in [6, 6.07) is 16.2. The van der Waals surface area contributed by atoms with Crippen molar-refractivity contribution < 1.29 is 9.18 Å². The van der Waals surface area contributed by atoms with E-state index in [1.807, 2.05) is 30.3 Å². The second-order valence-corrected chi connectivity index (χ2v) is 8.88. The zero-order valence-electron chi connectivity index (χ0n) is 17.6. The van der Waals surface area contributed by atoms with Crippen molar-refractivity contribution in [1.82, 2.24) is 15.5 Å². The standard InChI is InChI=1S/C24H27FN4O/c1-24(2,3)18-8-4-17(5-9-18)23(30)26-20-12-13-29(15-20)22-14-21(27-28-22)16-6-10-19(25)11-7-16/h4-11,14,20H,12-13,15H2,1-3H3,(H,26,30)(H,27,28)/t20-/m1/s1. The first-order valence-corrected chi connectivity index (χ1v) is 10.3. The molecule has 30 heavy (non-hydrogen) atoms. The second kappa shape index (κ2) is 7.94. The van der Waals surface area contributed by atoms with Gasteiger partial charge >= 0.3 is 0 Å². The van der Waals surface area contributed by atoms with Crippen molar-refractivity contribution in [3.63, 3.8) is 0 Å². The van der Waals surface area contributed by atoms with Gasteiger partial charge in [-0.2, -0.15) is 5.10 Å². The summed E-state index contributed by atoms with van der Waals surface area (Å²) in [6.45, 7) is 8.00. The Morgan fingerprint density at radius 1 is 1.13 bits per heavy atom. The summed E-state index contributed by atoms with van der Waals surface area (Å²) in [5.41, 5.74) is 3.69. The molecule has 1 aliphatic heterocycles. The zero-order valence-corrected chi connectivity index (χ0v) is 17.6. The normalized spacial score (nSPS) is 16.7. The molecule has 156 valence electrons. The quantitative estimate of drug-likeness (QED) is 0.670.